The highest BCUT2D eigenvalue weighted by molar-refractivity contribution is 8.00. The Morgan fingerprint density at radius 2 is 2.14 bits per heavy atom. The molecule has 2 rings (SSSR count). The maximum absolute atomic E-state index is 12.5. The monoisotopic (exact) mass is 312 g/mol. The van der Waals surface area contributed by atoms with E-state index in [1.54, 1.807) is 4.57 Å². The van der Waals surface area contributed by atoms with Gasteiger partial charge in [-0.1, -0.05) is 25.6 Å². The van der Waals surface area contributed by atoms with Gasteiger partial charge >= 0.3 is 5.69 Å². The summed E-state index contributed by atoms with van der Waals surface area (Å²) in [4.78, 5) is 26.1. The van der Waals surface area contributed by atoms with Crippen LogP contribution in [-0.4, -0.2) is 43.9 Å². The van der Waals surface area contributed by atoms with Crippen molar-refractivity contribution in [2.45, 2.75) is 57.0 Å². The van der Waals surface area contributed by atoms with E-state index in [4.69, 9.17) is 0 Å². The van der Waals surface area contributed by atoms with E-state index >= 15 is 0 Å². The molecule has 1 N–H and O–H groups in total. The van der Waals surface area contributed by atoms with Crippen molar-refractivity contribution in [2.75, 3.05) is 13.1 Å². The second kappa shape index (κ2) is 7.15. The Morgan fingerprint density at radius 1 is 1.48 bits per heavy atom. The lowest BCUT2D eigenvalue weighted by atomic mass is 9.99. The Labute approximate surface area is 129 Å². The zero-order valence-electron chi connectivity index (χ0n) is 13.0. The van der Waals surface area contributed by atoms with E-state index in [0.29, 0.717) is 17.6 Å². The number of nitrogens with zero attached hydrogens (tertiary/aromatic N) is 3. The highest BCUT2D eigenvalue weighted by Gasteiger charge is 2.26. The maximum atomic E-state index is 12.5. The average molecular weight is 312 g/mol. The molecule has 6 nitrogen and oxygen atoms in total. The van der Waals surface area contributed by atoms with Crippen LogP contribution in [0.2, 0.25) is 0 Å². The Kier molecular flexibility index (Phi) is 5.50. The molecule has 0 aliphatic carbocycles. The fourth-order valence-electron chi connectivity index (χ4n) is 2.51. The van der Waals surface area contributed by atoms with Crippen molar-refractivity contribution < 1.29 is 4.79 Å². The molecule has 1 saturated heterocycles. The van der Waals surface area contributed by atoms with E-state index in [2.05, 4.69) is 17.1 Å². The van der Waals surface area contributed by atoms with Crippen LogP contribution in [0.5, 0.6) is 0 Å². The van der Waals surface area contributed by atoms with Gasteiger partial charge in [0.15, 0.2) is 5.16 Å². The number of thioether (sulfide) groups is 1. The van der Waals surface area contributed by atoms with Gasteiger partial charge in [0.2, 0.25) is 5.91 Å². The first kappa shape index (κ1) is 16.1. The minimum atomic E-state index is -0.218. The van der Waals surface area contributed by atoms with Crippen LogP contribution >= 0.6 is 11.8 Å². The number of likely N-dealkylation sites (tertiary alicyclic amines) is 1. The predicted octanol–water partition coefficient (Wildman–Crippen LogP) is 1.72. The van der Waals surface area contributed by atoms with E-state index in [-0.39, 0.29) is 16.8 Å². The summed E-state index contributed by atoms with van der Waals surface area (Å²) in [5, 5.41) is 6.88. The third-order valence-electron chi connectivity index (χ3n) is 3.90. The summed E-state index contributed by atoms with van der Waals surface area (Å²) in [6.45, 7) is 8.44. The van der Waals surface area contributed by atoms with Crippen molar-refractivity contribution in [1.82, 2.24) is 19.7 Å². The number of nitrogens with one attached hydrogen (secondary N) is 1. The zero-order chi connectivity index (χ0) is 15.4. The van der Waals surface area contributed by atoms with Crippen molar-refractivity contribution in [3.8, 4) is 0 Å². The van der Waals surface area contributed by atoms with Crippen LogP contribution in [0.3, 0.4) is 0 Å². The highest BCUT2D eigenvalue weighted by Crippen LogP contribution is 2.24. The summed E-state index contributed by atoms with van der Waals surface area (Å²) >= 11 is 1.36. The maximum Gasteiger partial charge on any atom is 0.343 e. The van der Waals surface area contributed by atoms with Gasteiger partial charge in [-0.25, -0.2) is 9.89 Å². The molecule has 1 atom stereocenters. The number of piperidine rings is 1. The van der Waals surface area contributed by atoms with Gasteiger partial charge in [0, 0.05) is 19.6 Å². The molecule has 1 aromatic rings. The molecule has 2 heterocycles. The van der Waals surface area contributed by atoms with Crippen LogP contribution in [0.25, 0.3) is 0 Å². The molecule has 1 aliphatic heterocycles. The van der Waals surface area contributed by atoms with Gasteiger partial charge in [-0.3, -0.25) is 9.36 Å². The lowest BCUT2D eigenvalue weighted by Gasteiger charge is -2.31. The molecule has 21 heavy (non-hydrogen) atoms. The van der Waals surface area contributed by atoms with E-state index in [1.807, 2.05) is 18.7 Å². The van der Waals surface area contributed by atoms with Crippen LogP contribution in [-0.2, 0) is 11.3 Å². The number of carbonyl (C=O) groups excluding carboxylic acids is 1. The fraction of sp³-hybridized carbons (Fsp3) is 0.786. The Bertz CT molecular complexity index is 531. The number of hydrogen-bond donors (Lipinski definition) is 1. The molecule has 7 heteroatoms. The summed E-state index contributed by atoms with van der Waals surface area (Å²) in [5.74, 6) is 0.850. The second-order valence-electron chi connectivity index (χ2n) is 5.73. The molecule has 0 unspecified atom stereocenters. The summed E-state index contributed by atoms with van der Waals surface area (Å²) in [5.41, 5.74) is -0.203. The number of amides is 1. The topological polar surface area (TPSA) is 71.0 Å². The van der Waals surface area contributed by atoms with Gasteiger partial charge < -0.3 is 4.90 Å². The van der Waals surface area contributed by atoms with E-state index < -0.39 is 0 Å². The van der Waals surface area contributed by atoms with Crippen LogP contribution in [0.1, 0.15) is 40.0 Å². The number of rotatable bonds is 5. The first-order valence-electron chi connectivity index (χ1n) is 7.63. The molecular formula is C14H24N4O2S. The highest BCUT2D eigenvalue weighted by atomic mass is 32.2. The van der Waals surface area contributed by atoms with Gasteiger partial charge in [0.25, 0.3) is 0 Å². The van der Waals surface area contributed by atoms with Gasteiger partial charge in [-0.2, -0.15) is 0 Å². The SMILES string of the molecule is CCCn1c(S[C@@H](C)C(=O)N2CCC(C)CC2)n[nH]c1=O. The molecule has 0 spiro atoms. The van der Waals surface area contributed by atoms with E-state index in [0.717, 1.165) is 32.4 Å². The van der Waals surface area contributed by atoms with Crippen molar-refractivity contribution in [1.29, 1.82) is 0 Å². The van der Waals surface area contributed by atoms with Crippen molar-refractivity contribution in [2.24, 2.45) is 5.92 Å². The summed E-state index contributed by atoms with van der Waals surface area (Å²) < 4.78 is 1.60. The van der Waals surface area contributed by atoms with Crippen LogP contribution in [0.4, 0.5) is 0 Å². The van der Waals surface area contributed by atoms with Gasteiger partial charge in [0.05, 0.1) is 5.25 Å². The lowest BCUT2D eigenvalue weighted by Crippen LogP contribution is -2.41. The normalized spacial score (nSPS) is 18.0. The summed E-state index contributed by atoms with van der Waals surface area (Å²) in [7, 11) is 0. The van der Waals surface area contributed by atoms with Crippen LogP contribution in [0, 0.1) is 5.92 Å². The van der Waals surface area contributed by atoms with E-state index in [1.165, 1.54) is 11.8 Å². The molecule has 0 aromatic carbocycles. The largest absolute Gasteiger partial charge is 0.343 e. The van der Waals surface area contributed by atoms with Crippen molar-refractivity contribution >= 4 is 17.7 Å². The quantitative estimate of drug-likeness (QED) is 0.840. The molecule has 118 valence electrons. The van der Waals surface area contributed by atoms with Gasteiger partial charge in [0.1, 0.15) is 0 Å². The predicted molar refractivity (Wildman–Crippen MR) is 83.4 cm³/mol. The Balaban J connectivity index is 1.99. The zero-order valence-corrected chi connectivity index (χ0v) is 13.8. The molecule has 0 radical (unpaired) electrons. The molecule has 0 saturated carbocycles. The summed E-state index contributed by atoms with van der Waals surface area (Å²) in [6, 6.07) is 0. The van der Waals surface area contributed by atoms with Gasteiger partial charge in [-0.15, -0.1) is 5.10 Å². The number of hydrogen-bond acceptors (Lipinski definition) is 4. The molecular weight excluding hydrogens is 288 g/mol. The smallest absolute Gasteiger partial charge is 0.342 e. The third-order valence-corrected chi connectivity index (χ3v) is 4.97. The number of aromatic amines is 1. The van der Waals surface area contributed by atoms with Crippen molar-refractivity contribution in [3.63, 3.8) is 0 Å². The first-order valence-corrected chi connectivity index (χ1v) is 8.51. The minimum absolute atomic E-state index is 0.144. The number of H-pyrrole nitrogens is 1. The van der Waals surface area contributed by atoms with Crippen molar-refractivity contribution in [3.05, 3.63) is 10.5 Å². The van der Waals surface area contributed by atoms with Crippen LogP contribution < -0.4 is 5.69 Å². The lowest BCUT2D eigenvalue weighted by molar-refractivity contribution is -0.131. The third kappa shape index (κ3) is 3.90. The Morgan fingerprint density at radius 3 is 2.76 bits per heavy atom. The van der Waals surface area contributed by atoms with E-state index in [9.17, 15) is 9.59 Å². The fourth-order valence-corrected chi connectivity index (χ4v) is 3.47. The molecule has 1 aliphatic rings. The molecule has 1 fully saturated rings. The molecule has 1 amide bonds. The number of carbonyl (C=O) groups is 1. The molecule has 1 aromatic heterocycles. The van der Waals surface area contributed by atoms with Gasteiger partial charge in [-0.05, 0) is 32.1 Å². The first-order chi connectivity index (χ1) is 10.0. The Hall–Kier alpha value is -1.24. The molecule has 0 bridgehead atoms. The standard InChI is InChI=1S/C14H24N4O2S/c1-4-7-18-13(20)15-16-14(18)21-11(3)12(19)17-8-5-10(2)6-9-17/h10-11H,4-9H2,1-3H3,(H,15,20)/t11-/m0/s1. The summed E-state index contributed by atoms with van der Waals surface area (Å²) in [6.07, 6.45) is 3.01. The minimum Gasteiger partial charge on any atom is -0.342 e. The average Bonchev–Trinajstić information content (AvgIpc) is 2.81. The number of aromatic nitrogens is 3. The van der Waals surface area contributed by atoms with Crippen LogP contribution in [0.15, 0.2) is 9.95 Å². The second-order valence-corrected chi connectivity index (χ2v) is 7.04.